The maximum absolute atomic E-state index is 5.94. The Hall–Kier alpha value is -2.97. The molecule has 1 aliphatic heterocycles. The quantitative estimate of drug-likeness (QED) is 0.465. The molecule has 1 aliphatic rings. The first-order valence-electron chi connectivity index (χ1n) is 11.6. The third-order valence-electron chi connectivity index (χ3n) is 5.91. The number of ether oxygens (including phenoxy) is 2. The number of nitrogens with one attached hydrogen (secondary N) is 2. The summed E-state index contributed by atoms with van der Waals surface area (Å²) in [7, 11) is 1.94. The van der Waals surface area contributed by atoms with Gasteiger partial charge in [0.25, 0.3) is 0 Å². The van der Waals surface area contributed by atoms with Gasteiger partial charge in [-0.1, -0.05) is 17.3 Å². The number of benzene rings is 1. The third kappa shape index (κ3) is 5.51. The Kier molecular flexibility index (Phi) is 7.57. The van der Waals surface area contributed by atoms with Crippen LogP contribution in [-0.4, -0.2) is 54.6 Å². The molecule has 0 unspecified atom stereocenters. The van der Waals surface area contributed by atoms with Crippen LogP contribution < -0.4 is 15.4 Å². The van der Waals surface area contributed by atoms with E-state index in [2.05, 4.69) is 15.8 Å². The van der Waals surface area contributed by atoms with Gasteiger partial charge in [0.15, 0.2) is 5.82 Å². The van der Waals surface area contributed by atoms with Crippen molar-refractivity contribution in [1.82, 2.24) is 20.4 Å². The fraction of sp³-hybridized carbons (Fsp3) is 0.480. The average Bonchev–Trinajstić information content (AvgIpc) is 3.17. The van der Waals surface area contributed by atoms with E-state index in [4.69, 9.17) is 24.0 Å². The summed E-state index contributed by atoms with van der Waals surface area (Å²) in [5.74, 6) is 3.04. The molecule has 2 N–H and O–H groups in total. The molecule has 3 aromatic rings. The summed E-state index contributed by atoms with van der Waals surface area (Å²) in [5, 5.41) is 10.9. The van der Waals surface area contributed by atoms with Crippen LogP contribution in [0.5, 0.6) is 5.75 Å². The van der Waals surface area contributed by atoms with Crippen LogP contribution in [0.15, 0.2) is 28.8 Å². The summed E-state index contributed by atoms with van der Waals surface area (Å²) in [5.41, 5.74) is 4.47. The molecule has 0 bridgehead atoms. The van der Waals surface area contributed by atoms with Gasteiger partial charge in [-0.15, -0.1) is 0 Å². The van der Waals surface area contributed by atoms with Crippen molar-refractivity contribution in [2.45, 2.75) is 46.1 Å². The molecule has 176 valence electrons. The predicted molar refractivity (Wildman–Crippen MR) is 129 cm³/mol. The summed E-state index contributed by atoms with van der Waals surface area (Å²) >= 11 is 0. The van der Waals surface area contributed by atoms with Crippen molar-refractivity contribution in [3.05, 3.63) is 41.3 Å². The lowest BCUT2D eigenvalue weighted by Gasteiger charge is -2.25. The molecular weight excluding hydrogens is 418 g/mol. The molecule has 3 heterocycles. The van der Waals surface area contributed by atoms with Crippen molar-refractivity contribution < 1.29 is 14.0 Å². The zero-order valence-corrected chi connectivity index (χ0v) is 19.9. The minimum absolute atomic E-state index is 0.319. The summed E-state index contributed by atoms with van der Waals surface area (Å²) in [6, 6.07) is 8.28. The first-order valence-corrected chi connectivity index (χ1v) is 11.6. The van der Waals surface area contributed by atoms with Crippen LogP contribution in [0.4, 0.5) is 5.82 Å². The molecule has 1 saturated heterocycles. The summed E-state index contributed by atoms with van der Waals surface area (Å²) in [6.45, 7) is 9.01. The molecule has 0 aliphatic carbocycles. The molecule has 0 spiro atoms. The second-order valence-corrected chi connectivity index (χ2v) is 8.43. The van der Waals surface area contributed by atoms with Crippen LogP contribution in [0.2, 0.25) is 0 Å². The first-order chi connectivity index (χ1) is 16.1. The van der Waals surface area contributed by atoms with E-state index in [0.717, 1.165) is 84.4 Å². The Morgan fingerprint density at radius 2 is 1.94 bits per heavy atom. The first kappa shape index (κ1) is 23.2. The van der Waals surface area contributed by atoms with Crippen molar-refractivity contribution in [2.24, 2.45) is 0 Å². The summed E-state index contributed by atoms with van der Waals surface area (Å²) in [4.78, 5) is 9.91. The van der Waals surface area contributed by atoms with Crippen LogP contribution in [0, 0.1) is 20.8 Å². The van der Waals surface area contributed by atoms with E-state index >= 15 is 0 Å². The molecule has 1 aromatic carbocycles. The van der Waals surface area contributed by atoms with Crippen LogP contribution in [0.3, 0.4) is 0 Å². The highest BCUT2D eigenvalue weighted by Crippen LogP contribution is 2.34. The van der Waals surface area contributed by atoms with E-state index in [-0.39, 0.29) is 0 Å². The molecule has 8 nitrogen and oxygen atoms in total. The van der Waals surface area contributed by atoms with E-state index in [1.54, 1.807) is 0 Å². The van der Waals surface area contributed by atoms with Crippen LogP contribution in [0.25, 0.3) is 22.6 Å². The zero-order chi connectivity index (χ0) is 23.2. The molecule has 0 atom stereocenters. The lowest BCUT2D eigenvalue weighted by molar-refractivity contribution is 0.0904. The summed E-state index contributed by atoms with van der Waals surface area (Å²) < 4.78 is 16.9. The monoisotopic (exact) mass is 451 g/mol. The van der Waals surface area contributed by atoms with Gasteiger partial charge < -0.3 is 24.6 Å². The Labute approximate surface area is 195 Å². The second kappa shape index (κ2) is 10.8. The number of hydrogen-bond acceptors (Lipinski definition) is 8. The lowest BCUT2D eigenvalue weighted by atomic mass is 10.0. The lowest BCUT2D eigenvalue weighted by Crippen LogP contribution is -2.28. The van der Waals surface area contributed by atoms with E-state index < -0.39 is 0 Å². The summed E-state index contributed by atoms with van der Waals surface area (Å²) in [6.07, 6.45) is 2.85. The minimum Gasteiger partial charge on any atom is -0.494 e. The second-order valence-electron chi connectivity index (χ2n) is 8.43. The number of rotatable bonds is 9. The minimum atomic E-state index is 0.319. The fourth-order valence-electron chi connectivity index (χ4n) is 4.05. The largest absolute Gasteiger partial charge is 0.494 e. The van der Waals surface area contributed by atoms with E-state index in [1.807, 2.05) is 52.1 Å². The van der Waals surface area contributed by atoms with Crippen LogP contribution >= 0.6 is 0 Å². The zero-order valence-electron chi connectivity index (χ0n) is 19.9. The highest BCUT2D eigenvalue weighted by Gasteiger charge is 2.22. The number of aromatic nitrogens is 3. The molecule has 0 saturated carbocycles. The topological polar surface area (TPSA) is 94.3 Å². The molecule has 8 heteroatoms. The molecule has 0 amide bonds. The van der Waals surface area contributed by atoms with Gasteiger partial charge in [0.1, 0.15) is 17.3 Å². The van der Waals surface area contributed by atoms with Gasteiger partial charge >= 0.3 is 0 Å². The van der Waals surface area contributed by atoms with Crippen molar-refractivity contribution in [3.8, 4) is 28.4 Å². The van der Waals surface area contributed by atoms with Crippen LogP contribution in [0.1, 0.15) is 36.3 Å². The molecular formula is C25H33N5O3. The van der Waals surface area contributed by atoms with Crippen molar-refractivity contribution in [3.63, 3.8) is 0 Å². The van der Waals surface area contributed by atoms with Gasteiger partial charge in [-0.2, -0.15) is 0 Å². The molecule has 2 aromatic heterocycles. The van der Waals surface area contributed by atoms with Crippen molar-refractivity contribution in [1.29, 1.82) is 0 Å². The van der Waals surface area contributed by atoms with Crippen molar-refractivity contribution in [2.75, 3.05) is 38.7 Å². The van der Waals surface area contributed by atoms with Gasteiger partial charge in [0.05, 0.1) is 23.6 Å². The SMILES string of the molecule is CNCCCOc1cccc(-c2nc(NC3CCOCC3)c(C)c(-c3c(C)noc3C)n2)c1. The fourth-order valence-corrected chi connectivity index (χ4v) is 4.05. The molecule has 33 heavy (non-hydrogen) atoms. The Morgan fingerprint density at radius 1 is 1.12 bits per heavy atom. The number of aryl methyl sites for hydroxylation is 2. The molecule has 0 radical (unpaired) electrons. The number of anilines is 1. The van der Waals surface area contributed by atoms with Gasteiger partial charge in [-0.05, 0) is 65.8 Å². The highest BCUT2D eigenvalue weighted by atomic mass is 16.5. The Morgan fingerprint density at radius 3 is 2.67 bits per heavy atom. The highest BCUT2D eigenvalue weighted by molar-refractivity contribution is 5.74. The smallest absolute Gasteiger partial charge is 0.162 e. The van der Waals surface area contributed by atoms with Gasteiger partial charge in [-0.3, -0.25) is 0 Å². The van der Waals surface area contributed by atoms with Crippen LogP contribution in [-0.2, 0) is 4.74 Å². The standard InChI is InChI=1S/C25H33N5O3/c1-16-23(22-17(2)30-33-18(22)3)28-25(29-24(16)27-20-9-13-31-14-10-20)19-7-5-8-21(15-19)32-12-6-11-26-4/h5,7-8,15,20,26H,6,9-14H2,1-4H3,(H,27,28,29). The van der Waals surface area contributed by atoms with Gasteiger partial charge in [0, 0.05) is 30.4 Å². The van der Waals surface area contributed by atoms with Gasteiger partial charge in [-0.25, -0.2) is 9.97 Å². The van der Waals surface area contributed by atoms with E-state index in [9.17, 15) is 0 Å². The Balaban J connectivity index is 1.71. The maximum atomic E-state index is 5.94. The molecule has 4 rings (SSSR count). The number of hydrogen-bond donors (Lipinski definition) is 2. The predicted octanol–water partition coefficient (Wildman–Crippen LogP) is 4.30. The van der Waals surface area contributed by atoms with E-state index in [0.29, 0.717) is 18.5 Å². The molecule has 1 fully saturated rings. The van der Waals surface area contributed by atoms with Crippen molar-refractivity contribution >= 4 is 5.82 Å². The van der Waals surface area contributed by atoms with Gasteiger partial charge in [0.2, 0.25) is 0 Å². The Bertz CT molecular complexity index is 1060. The maximum Gasteiger partial charge on any atom is 0.162 e. The van der Waals surface area contributed by atoms with E-state index in [1.165, 1.54) is 0 Å². The average molecular weight is 452 g/mol. The normalized spacial score (nSPS) is 14.4. The third-order valence-corrected chi connectivity index (χ3v) is 5.91. The number of nitrogens with zero attached hydrogens (tertiary/aromatic N) is 3.